The van der Waals surface area contributed by atoms with Gasteiger partial charge < -0.3 is 15.8 Å². The number of amides is 1. The molecule has 0 spiro atoms. The van der Waals surface area contributed by atoms with Gasteiger partial charge in [-0.1, -0.05) is 57.9 Å². The molecule has 1 saturated carbocycles. The lowest BCUT2D eigenvalue weighted by Crippen LogP contribution is -2.18. The van der Waals surface area contributed by atoms with E-state index in [9.17, 15) is 4.79 Å². The number of rotatable bonds is 6. The van der Waals surface area contributed by atoms with Crippen molar-refractivity contribution in [2.45, 2.75) is 57.9 Å². The van der Waals surface area contributed by atoms with Gasteiger partial charge in [0.15, 0.2) is 0 Å². The third kappa shape index (κ3) is 6.02. The van der Waals surface area contributed by atoms with Gasteiger partial charge in [0.05, 0.1) is 6.04 Å². The van der Waals surface area contributed by atoms with Gasteiger partial charge in [-0.2, -0.15) is 0 Å². The summed E-state index contributed by atoms with van der Waals surface area (Å²) in [7, 11) is 0. The number of hydrogen-bond acceptors (Lipinski definition) is 4. The molecular formula is C32H34N4O2. The maximum Gasteiger partial charge on any atom is 0.255 e. The molecule has 5 rings (SSSR count). The number of fused-ring (bicyclic) bond motifs is 1. The lowest BCUT2D eigenvalue weighted by molar-refractivity contribution is 0.102. The number of hydrogen-bond donors (Lipinski definition) is 2. The van der Waals surface area contributed by atoms with Crippen LogP contribution in [0.5, 0.6) is 11.5 Å². The van der Waals surface area contributed by atoms with Crippen LogP contribution in [-0.4, -0.2) is 22.8 Å². The number of ether oxygens (including phenoxy) is 1. The van der Waals surface area contributed by atoms with Crippen LogP contribution >= 0.6 is 0 Å². The minimum Gasteiger partial charge on any atom is -0.457 e. The van der Waals surface area contributed by atoms with Gasteiger partial charge in [0.25, 0.3) is 5.91 Å². The maximum absolute atomic E-state index is 13.0. The van der Waals surface area contributed by atoms with Crippen molar-refractivity contribution in [2.75, 3.05) is 5.32 Å². The Bertz CT molecular complexity index is 1500. The summed E-state index contributed by atoms with van der Waals surface area (Å²) in [6.07, 6.45) is 6.25. The summed E-state index contributed by atoms with van der Waals surface area (Å²) in [5.74, 6) is 1.59. The topological polar surface area (TPSA) is 89.6 Å². The van der Waals surface area contributed by atoms with E-state index in [0.717, 1.165) is 29.3 Å². The van der Waals surface area contributed by atoms with Crippen molar-refractivity contribution in [1.29, 1.82) is 0 Å². The van der Waals surface area contributed by atoms with Gasteiger partial charge in [-0.3, -0.25) is 14.8 Å². The van der Waals surface area contributed by atoms with Gasteiger partial charge in [-0.05, 0) is 77.1 Å². The molecule has 38 heavy (non-hydrogen) atoms. The first-order valence-electron chi connectivity index (χ1n) is 13.2. The van der Waals surface area contributed by atoms with E-state index in [1.54, 1.807) is 12.3 Å². The van der Waals surface area contributed by atoms with Gasteiger partial charge in [-0.25, -0.2) is 0 Å². The van der Waals surface area contributed by atoms with Crippen molar-refractivity contribution in [3.05, 3.63) is 95.8 Å². The number of nitrogens with two attached hydrogens (primary N) is 1. The lowest BCUT2D eigenvalue weighted by atomic mass is 9.87. The van der Waals surface area contributed by atoms with Crippen LogP contribution in [-0.2, 0) is 5.41 Å². The molecule has 6 nitrogen and oxygen atoms in total. The molecule has 4 aromatic rings. The van der Waals surface area contributed by atoms with Crippen LogP contribution in [0.1, 0.15) is 68.1 Å². The average molecular weight is 507 g/mol. The van der Waals surface area contributed by atoms with E-state index < -0.39 is 0 Å². The fourth-order valence-corrected chi connectivity index (χ4v) is 4.74. The normalized spacial score (nSPS) is 14.6. The fourth-order valence-electron chi connectivity index (χ4n) is 4.74. The first-order valence-corrected chi connectivity index (χ1v) is 13.2. The van der Waals surface area contributed by atoms with Crippen LogP contribution in [0.4, 0.5) is 5.69 Å². The molecule has 0 saturated heterocycles. The number of aromatic nitrogens is 1. The molecule has 1 aliphatic rings. The molecule has 0 unspecified atom stereocenters. The van der Waals surface area contributed by atoms with Crippen molar-refractivity contribution in [2.24, 2.45) is 10.7 Å². The van der Waals surface area contributed by atoms with Gasteiger partial charge in [-0.15, -0.1) is 0 Å². The summed E-state index contributed by atoms with van der Waals surface area (Å²) in [6, 6.07) is 23.4. The van der Waals surface area contributed by atoms with Crippen molar-refractivity contribution in [3.8, 4) is 11.5 Å². The predicted octanol–water partition coefficient (Wildman–Crippen LogP) is 7.22. The standard InChI is InChI=1S/C32H34N4O2/c1-32(2,3)24-7-6-10-26(19-24)36-31(37)22-12-11-21-13-14-27(18-23(21)17-22)38-28-15-16-34-29(20-28)30(33)35-25-8-4-5-9-25/h6-7,10-20,25H,4-5,8-9H2,1-3H3,(H2,33,35)(H,36,37). The molecule has 3 aromatic carbocycles. The summed E-state index contributed by atoms with van der Waals surface area (Å²) in [5.41, 5.74) is 9.39. The van der Waals surface area contributed by atoms with Crippen LogP contribution in [0.3, 0.4) is 0 Å². The molecule has 0 atom stereocenters. The van der Waals surface area contributed by atoms with E-state index in [2.05, 4.69) is 42.1 Å². The average Bonchev–Trinajstić information content (AvgIpc) is 3.41. The van der Waals surface area contributed by atoms with Gasteiger partial charge in [0.1, 0.15) is 23.0 Å². The Morgan fingerprint density at radius 2 is 1.71 bits per heavy atom. The SMILES string of the molecule is CC(C)(C)c1cccc(NC(=O)c2ccc3ccc(Oc4ccnc(C(N)=NC5CCCC5)c4)cc3c2)c1. The quantitative estimate of drug-likeness (QED) is 0.213. The number of amidine groups is 1. The monoisotopic (exact) mass is 506 g/mol. The molecule has 1 heterocycles. The van der Waals surface area contributed by atoms with Crippen molar-refractivity contribution >= 4 is 28.2 Å². The lowest BCUT2D eigenvalue weighted by Gasteiger charge is -2.20. The Morgan fingerprint density at radius 1 is 0.947 bits per heavy atom. The molecule has 0 bridgehead atoms. The number of anilines is 1. The van der Waals surface area contributed by atoms with E-state index in [0.29, 0.717) is 28.6 Å². The van der Waals surface area contributed by atoms with Crippen LogP contribution in [0.25, 0.3) is 10.8 Å². The third-order valence-electron chi connectivity index (χ3n) is 6.94. The molecule has 194 valence electrons. The number of carbonyl (C=O) groups excluding carboxylic acids is 1. The van der Waals surface area contributed by atoms with Crippen LogP contribution in [0, 0.1) is 0 Å². The van der Waals surface area contributed by atoms with Crippen LogP contribution < -0.4 is 15.8 Å². The summed E-state index contributed by atoms with van der Waals surface area (Å²) in [5, 5.41) is 4.96. The third-order valence-corrected chi connectivity index (χ3v) is 6.94. The Morgan fingerprint density at radius 3 is 2.50 bits per heavy atom. The highest BCUT2D eigenvalue weighted by Crippen LogP contribution is 2.28. The minimum absolute atomic E-state index is 0.00411. The molecular weight excluding hydrogens is 472 g/mol. The molecule has 1 amide bonds. The molecule has 6 heteroatoms. The van der Waals surface area contributed by atoms with Gasteiger partial charge in [0.2, 0.25) is 0 Å². The second kappa shape index (κ2) is 10.7. The van der Waals surface area contributed by atoms with E-state index in [1.165, 1.54) is 18.4 Å². The molecule has 3 N–H and O–H groups in total. The first kappa shape index (κ1) is 25.5. The zero-order valence-corrected chi connectivity index (χ0v) is 22.2. The second-order valence-corrected chi connectivity index (χ2v) is 10.9. The number of benzene rings is 3. The highest BCUT2D eigenvalue weighted by atomic mass is 16.5. The van der Waals surface area contributed by atoms with Crippen LogP contribution in [0.2, 0.25) is 0 Å². The van der Waals surface area contributed by atoms with Crippen LogP contribution in [0.15, 0.2) is 84.0 Å². The number of aliphatic imine (C=N–C) groups is 1. The van der Waals surface area contributed by atoms with Crippen molar-refractivity contribution in [3.63, 3.8) is 0 Å². The number of nitrogens with one attached hydrogen (secondary N) is 1. The summed E-state index contributed by atoms with van der Waals surface area (Å²) in [6.45, 7) is 6.47. The maximum atomic E-state index is 13.0. The summed E-state index contributed by atoms with van der Waals surface area (Å²) >= 11 is 0. The summed E-state index contributed by atoms with van der Waals surface area (Å²) in [4.78, 5) is 22.1. The highest BCUT2D eigenvalue weighted by molar-refractivity contribution is 6.06. The first-order chi connectivity index (χ1) is 18.2. The van der Waals surface area contributed by atoms with E-state index >= 15 is 0 Å². The van der Waals surface area contributed by atoms with E-state index in [1.807, 2.05) is 60.7 Å². The summed E-state index contributed by atoms with van der Waals surface area (Å²) < 4.78 is 6.14. The number of nitrogens with zero attached hydrogens (tertiary/aromatic N) is 2. The zero-order valence-electron chi connectivity index (χ0n) is 22.2. The van der Waals surface area contributed by atoms with Crippen molar-refractivity contribution < 1.29 is 9.53 Å². The largest absolute Gasteiger partial charge is 0.457 e. The minimum atomic E-state index is -0.153. The predicted molar refractivity (Wildman–Crippen MR) is 154 cm³/mol. The molecule has 1 fully saturated rings. The Balaban J connectivity index is 1.33. The van der Waals surface area contributed by atoms with Crippen molar-refractivity contribution in [1.82, 2.24) is 4.98 Å². The molecule has 1 aromatic heterocycles. The van der Waals surface area contributed by atoms with E-state index in [-0.39, 0.29) is 17.4 Å². The Kier molecular flexibility index (Phi) is 7.14. The Labute approximate surface area is 224 Å². The van der Waals surface area contributed by atoms with Gasteiger partial charge in [0, 0.05) is 23.5 Å². The smallest absolute Gasteiger partial charge is 0.255 e. The molecule has 0 aliphatic heterocycles. The fraction of sp³-hybridized carbons (Fsp3) is 0.281. The second-order valence-electron chi connectivity index (χ2n) is 10.9. The highest BCUT2D eigenvalue weighted by Gasteiger charge is 2.16. The number of carbonyl (C=O) groups is 1. The molecule has 1 aliphatic carbocycles. The van der Waals surface area contributed by atoms with E-state index in [4.69, 9.17) is 10.5 Å². The van der Waals surface area contributed by atoms with Gasteiger partial charge >= 0.3 is 0 Å². The zero-order chi connectivity index (χ0) is 26.7. The molecule has 0 radical (unpaired) electrons. The number of pyridine rings is 1. The Hall–Kier alpha value is -4.19.